The first-order valence-corrected chi connectivity index (χ1v) is 6.94. The minimum atomic E-state index is -0.327. The van der Waals surface area contributed by atoms with E-state index in [0.717, 1.165) is 17.5 Å². The van der Waals surface area contributed by atoms with Crippen molar-refractivity contribution >= 4 is 5.91 Å². The van der Waals surface area contributed by atoms with Gasteiger partial charge in [-0.15, -0.1) is 0 Å². The van der Waals surface area contributed by atoms with E-state index >= 15 is 0 Å². The molecule has 108 valence electrons. The predicted molar refractivity (Wildman–Crippen MR) is 82.9 cm³/mol. The molecular formula is C17H24N2O. The summed E-state index contributed by atoms with van der Waals surface area (Å²) in [7, 11) is 1.84. The SMILES string of the molecule is CCC(C)(C)C(=O)N(C)Cc1ccccc1C#CCN. The van der Waals surface area contributed by atoms with E-state index < -0.39 is 0 Å². The number of rotatable bonds is 4. The topological polar surface area (TPSA) is 46.3 Å². The van der Waals surface area contributed by atoms with Crippen molar-refractivity contribution in [2.75, 3.05) is 13.6 Å². The van der Waals surface area contributed by atoms with Crippen molar-refractivity contribution in [2.24, 2.45) is 11.1 Å². The van der Waals surface area contributed by atoms with Gasteiger partial charge in [0.1, 0.15) is 0 Å². The molecule has 0 saturated heterocycles. The van der Waals surface area contributed by atoms with Gasteiger partial charge in [0.05, 0.1) is 6.54 Å². The summed E-state index contributed by atoms with van der Waals surface area (Å²) in [6.45, 7) is 6.90. The molecule has 3 heteroatoms. The van der Waals surface area contributed by atoms with Crippen LogP contribution in [0.25, 0.3) is 0 Å². The third-order valence-electron chi connectivity index (χ3n) is 3.56. The van der Waals surface area contributed by atoms with Gasteiger partial charge in [0.25, 0.3) is 0 Å². The third kappa shape index (κ3) is 4.11. The van der Waals surface area contributed by atoms with E-state index in [0.29, 0.717) is 13.1 Å². The Morgan fingerprint density at radius 2 is 2.00 bits per heavy atom. The molecule has 0 heterocycles. The molecule has 1 aromatic rings. The van der Waals surface area contributed by atoms with Gasteiger partial charge in [-0.05, 0) is 18.1 Å². The normalized spacial score (nSPS) is 10.7. The standard InChI is InChI=1S/C17H24N2O/c1-5-17(2,3)16(20)19(4)13-15-10-7-6-9-14(15)11-8-12-18/h6-7,9-10H,5,12-13,18H2,1-4H3. The number of carbonyl (C=O) groups is 1. The molecule has 0 spiro atoms. The highest BCUT2D eigenvalue weighted by Crippen LogP contribution is 2.23. The first kappa shape index (κ1) is 16.3. The second-order valence-corrected chi connectivity index (χ2v) is 5.56. The maximum Gasteiger partial charge on any atom is 0.228 e. The molecule has 0 bridgehead atoms. The summed E-state index contributed by atoms with van der Waals surface area (Å²) in [6, 6.07) is 7.87. The van der Waals surface area contributed by atoms with Crippen LogP contribution in [0.15, 0.2) is 24.3 Å². The lowest BCUT2D eigenvalue weighted by Gasteiger charge is -2.28. The van der Waals surface area contributed by atoms with E-state index in [9.17, 15) is 4.79 Å². The highest BCUT2D eigenvalue weighted by molar-refractivity contribution is 5.81. The van der Waals surface area contributed by atoms with Gasteiger partial charge in [-0.1, -0.05) is 50.8 Å². The molecule has 0 fully saturated rings. The number of nitrogens with zero attached hydrogens (tertiary/aromatic N) is 1. The molecule has 0 aliphatic carbocycles. The van der Waals surface area contributed by atoms with Gasteiger partial charge in [-0.3, -0.25) is 4.79 Å². The van der Waals surface area contributed by atoms with Crippen molar-refractivity contribution < 1.29 is 4.79 Å². The summed E-state index contributed by atoms with van der Waals surface area (Å²) >= 11 is 0. The fourth-order valence-corrected chi connectivity index (χ4v) is 1.92. The molecule has 0 saturated carbocycles. The van der Waals surface area contributed by atoms with Gasteiger partial charge in [-0.25, -0.2) is 0 Å². The van der Waals surface area contributed by atoms with Crippen LogP contribution < -0.4 is 5.73 Å². The number of amides is 1. The second-order valence-electron chi connectivity index (χ2n) is 5.56. The van der Waals surface area contributed by atoms with Crippen molar-refractivity contribution in [3.8, 4) is 11.8 Å². The van der Waals surface area contributed by atoms with Crippen LogP contribution in [-0.4, -0.2) is 24.4 Å². The fraction of sp³-hybridized carbons (Fsp3) is 0.471. The molecule has 0 aromatic heterocycles. The zero-order valence-electron chi connectivity index (χ0n) is 12.9. The monoisotopic (exact) mass is 272 g/mol. The first-order valence-electron chi connectivity index (χ1n) is 6.94. The highest BCUT2D eigenvalue weighted by Gasteiger charge is 2.28. The third-order valence-corrected chi connectivity index (χ3v) is 3.56. The average molecular weight is 272 g/mol. The molecule has 0 radical (unpaired) electrons. The maximum atomic E-state index is 12.4. The molecule has 1 amide bonds. The Labute approximate surface area is 122 Å². The number of hydrogen-bond acceptors (Lipinski definition) is 2. The molecule has 0 aliphatic heterocycles. The number of hydrogen-bond donors (Lipinski definition) is 1. The first-order chi connectivity index (χ1) is 9.42. The molecule has 20 heavy (non-hydrogen) atoms. The number of carbonyl (C=O) groups excluding carboxylic acids is 1. The average Bonchev–Trinajstić information content (AvgIpc) is 2.45. The van der Waals surface area contributed by atoms with Crippen LogP contribution in [0, 0.1) is 17.3 Å². The zero-order valence-corrected chi connectivity index (χ0v) is 12.9. The largest absolute Gasteiger partial charge is 0.341 e. The van der Waals surface area contributed by atoms with Gasteiger partial charge in [0, 0.05) is 24.6 Å². The van der Waals surface area contributed by atoms with Crippen molar-refractivity contribution in [3.63, 3.8) is 0 Å². The van der Waals surface area contributed by atoms with E-state index in [1.807, 2.05) is 52.1 Å². The summed E-state index contributed by atoms with van der Waals surface area (Å²) in [5, 5.41) is 0. The van der Waals surface area contributed by atoms with Crippen molar-refractivity contribution in [3.05, 3.63) is 35.4 Å². The molecule has 0 aliphatic rings. The van der Waals surface area contributed by atoms with Gasteiger partial charge >= 0.3 is 0 Å². The highest BCUT2D eigenvalue weighted by atomic mass is 16.2. The van der Waals surface area contributed by atoms with E-state index in [1.165, 1.54) is 0 Å². The molecule has 0 atom stereocenters. The summed E-state index contributed by atoms with van der Waals surface area (Å²) < 4.78 is 0. The summed E-state index contributed by atoms with van der Waals surface area (Å²) in [5.74, 6) is 6.07. The van der Waals surface area contributed by atoms with Crippen molar-refractivity contribution in [1.82, 2.24) is 4.90 Å². The van der Waals surface area contributed by atoms with E-state index in [1.54, 1.807) is 4.90 Å². The lowest BCUT2D eigenvalue weighted by Crippen LogP contribution is -2.37. The number of benzene rings is 1. The Bertz CT molecular complexity index is 523. The van der Waals surface area contributed by atoms with E-state index in [4.69, 9.17) is 5.73 Å². The minimum Gasteiger partial charge on any atom is -0.341 e. The quantitative estimate of drug-likeness (QED) is 0.855. The van der Waals surface area contributed by atoms with Crippen molar-refractivity contribution in [1.29, 1.82) is 0 Å². The Morgan fingerprint density at radius 1 is 1.35 bits per heavy atom. The van der Waals surface area contributed by atoms with Crippen LogP contribution in [0.4, 0.5) is 0 Å². The van der Waals surface area contributed by atoms with Gasteiger partial charge < -0.3 is 10.6 Å². The van der Waals surface area contributed by atoms with Gasteiger partial charge in [-0.2, -0.15) is 0 Å². The summed E-state index contributed by atoms with van der Waals surface area (Å²) in [4.78, 5) is 14.2. The summed E-state index contributed by atoms with van der Waals surface area (Å²) in [5.41, 5.74) is 7.08. The lowest BCUT2D eigenvalue weighted by atomic mass is 9.88. The minimum absolute atomic E-state index is 0.154. The van der Waals surface area contributed by atoms with Gasteiger partial charge in [0.15, 0.2) is 0 Å². The van der Waals surface area contributed by atoms with E-state index in [2.05, 4.69) is 11.8 Å². The van der Waals surface area contributed by atoms with E-state index in [-0.39, 0.29) is 11.3 Å². The second kappa shape index (κ2) is 7.12. The molecule has 1 aromatic carbocycles. The Morgan fingerprint density at radius 3 is 2.60 bits per heavy atom. The molecule has 2 N–H and O–H groups in total. The Hall–Kier alpha value is -1.79. The molecule has 3 nitrogen and oxygen atoms in total. The maximum absolute atomic E-state index is 12.4. The molecule has 1 rings (SSSR count). The Kier molecular flexibility index (Phi) is 5.79. The van der Waals surface area contributed by atoms with Crippen LogP contribution in [0.3, 0.4) is 0 Å². The van der Waals surface area contributed by atoms with Crippen LogP contribution in [0.5, 0.6) is 0 Å². The van der Waals surface area contributed by atoms with Crippen LogP contribution in [0.2, 0.25) is 0 Å². The van der Waals surface area contributed by atoms with Crippen molar-refractivity contribution in [2.45, 2.75) is 33.7 Å². The van der Waals surface area contributed by atoms with Crippen LogP contribution in [0.1, 0.15) is 38.3 Å². The summed E-state index contributed by atoms with van der Waals surface area (Å²) in [6.07, 6.45) is 0.824. The fourth-order valence-electron chi connectivity index (χ4n) is 1.92. The molecular weight excluding hydrogens is 248 g/mol. The lowest BCUT2D eigenvalue weighted by molar-refractivity contribution is -0.139. The van der Waals surface area contributed by atoms with Crippen LogP contribution >= 0.6 is 0 Å². The smallest absolute Gasteiger partial charge is 0.228 e. The van der Waals surface area contributed by atoms with Gasteiger partial charge in [0.2, 0.25) is 5.91 Å². The zero-order chi connectivity index (χ0) is 15.2. The van der Waals surface area contributed by atoms with Crippen LogP contribution in [-0.2, 0) is 11.3 Å². The number of nitrogens with two attached hydrogens (primary N) is 1. The Balaban J connectivity index is 2.91. The predicted octanol–water partition coefficient (Wildman–Crippen LogP) is 2.39. The molecule has 0 unspecified atom stereocenters.